The first-order valence-electron chi connectivity index (χ1n) is 8.23. The summed E-state index contributed by atoms with van der Waals surface area (Å²) in [7, 11) is 0. The molecule has 112 valence electrons. The maximum atomic E-state index is 3.80. The number of benzene rings is 1. The van der Waals surface area contributed by atoms with Crippen molar-refractivity contribution in [3.63, 3.8) is 0 Å². The Bertz CT molecular complexity index is 420. The Morgan fingerprint density at radius 2 is 1.60 bits per heavy atom. The van der Waals surface area contributed by atoms with Crippen LogP contribution < -0.4 is 5.32 Å². The van der Waals surface area contributed by atoms with Crippen LogP contribution in [0, 0.1) is 11.3 Å². The van der Waals surface area contributed by atoms with E-state index in [1.807, 2.05) is 0 Å². The molecule has 1 nitrogen and oxygen atoms in total. The molecular formula is C19H31N. The number of hydrogen-bond acceptors (Lipinski definition) is 1. The van der Waals surface area contributed by atoms with Gasteiger partial charge in [-0.1, -0.05) is 52.8 Å². The van der Waals surface area contributed by atoms with E-state index in [0.29, 0.717) is 17.4 Å². The summed E-state index contributed by atoms with van der Waals surface area (Å²) in [4.78, 5) is 0. The van der Waals surface area contributed by atoms with Crippen LogP contribution in [0.5, 0.6) is 0 Å². The Hall–Kier alpha value is -0.980. The summed E-state index contributed by atoms with van der Waals surface area (Å²) in [6.45, 7) is 11.7. The largest absolute Gasteiger partial charge is 0.382 e. The third kappa shape index (κ3) is 3.77. The van der Waals surface area contributed by atoms with Crippen molar-refractivity contribution in [3.05, 3.63) is 29.8 Å². The fourth-order valence-electron chi connectivity index (χ4n) is 3.46. The van der Waals surface area contributed by atoms with E-state index in [4.69, 9.17) is 0 Å². The zero-order valence-electron chi connectivity index (χ0n) is 13.9. The molecule has 2 rings (SSSR count). The molecule has 1 heteroatoms. The number of anilines is 1. The third-order valence-electron chi connectivity index (χ3n) is 4.89. The van der Waals surface area contributed by atoms with Crippen molar-refractivity contribution in [2.24, 2.45) is 11.3 Å². The fourth-order valence-corrected chi connectivity index (χ4v) is 3.46. The van der Waals surface area contributed by atoms with Gasteiger partial charge in [-0.05, 0) is 54.6 Å². The molecule has 1 saturated carbocycles. The molecule has 0 bridgehead atoms. The molecule has 1 aliphatic rings. The van der Waals surface area contributed by atoms with E-state index in [9.17, 15) is 0 Å². The van der Waals surface area contributed by atoms with E-state index in [-0.39, 0.29) is 0 Å². The molecule has 1 aromatic carbocycles. The van der Waals surface area contributed by atoms with Crippen molar-refractivity contribution >= 4 is 5.69 Å². The van der Waals surface area contributed by atoms with Crippen LogP contribution in [0.4, 0.5) is 5.69 Å². The van der Waals surface area contributed by atoms with Gasteiger partial charge in [-0.25, -0.2) is 0 Å². The molecule has 0 aliphatic heterocycles. The highest BCUT2D eigenvalue weighted by molar-refractivity contribution is 5.53. The van der Waals surface area contributed by atoms with E-state index in [0.717, 1.165) is 5.92 Å². The normalized spacial score (nSPS) is 23.9. The Balaban J connectivity index is 1.96. The summed E-state index contributed by atoms with van der Waals surface area (Å²) >= 11 is 0. The lowest BCUT2D eigenvalue weighted by molar-refractivity contribution is 0.173. The van der Waals surface area contributed by atoms with Crippen LogP contribution in [-0.2, 0) is 0 Å². The van der Waals surface area contributed by atoms with Crippen molar-refractivity contribution in [2.45, 2.75) is 72.3 Å². The van der Waals surface area contributed by atoms with Crippen LogP contribution in [0.15, 0.2) is 24.3 Å². The lowest BCUT2D eigenvalue weighted by Crippen LogP contribution is -2.31. The Morgan fingerprint density at radius 1 is 1.00 bits per heavy atom. The second-order valence-electron chi connectivity index (χ2n) is 7.80. The molecule has 0 radical (unpaired) electrons. The van der Waals surface area contributed by atoms with Gasteiger partial charge >= 0.3 is 0 Å². The van der Waals surface area contributed by atoms with E-state index in [1.165, 1.54) is 36.9 Å². The van der Waals surface area contributed by atoms with Gasteiger partial charge in [0.15, 0.2) is 0 Å². The van der Waals surface area contributed by atoms with Crippen LogP contribution in [0.2, 0.25) is 0 Å². The van der Waals surface area contributed by atoms with Gasteiger partial charge in [0.2, 0.25) is 0 Å². The maximum absolute atomic E-state index is 3.80. The van der Waals surface area contributed by atoms with Crippen molar-refractivity contribution < 1.29 is 0 Å². The van der Waals surface area contributed by atoms with Crippen LogP contribution in [-0.4, -0.2) is 6.04 Å². The molecule has 0 spiro atoms. The number of hydrogen-bond donors (Lipinski definition) is 1. The SMILES string of the molecule is CC(C)c1ccccc1NC1CCC(C(C)(C)C)CC1. The summed E-state index contributed by atoms with van der Waals surface area (Å²) in [6.07, 6.45) is 5.36. The number of para-hydroxylation sites is 1. The van der Waals surface area contributed by atoms with Crippen molar-refractivity contribution in [3.8, 4) is 0 Å². The second-order valence-corrected chi connectivity index (χ2v) is 7.80. The minimum Gasteiger partial charge on any atom is -0.382 e. The topological polar surface area (TPSA) is 12.0 Å². The molecule has 20 heavy (non-hydrogen) atoms. The standard InChI is InChI=1S/C19H31N/c1-14(2)17-8-6-7-9-18(17)20-16-12-10-15(11-13-16)19(3,4)5/h6-9,14-16,20H,10-13H2,1-5H3. The zero-order valence-corrected chi connectivity index (χ0v) is 13.9. The summed E-state index contributed by atoms with van der Waals surface area (Å²) in [5.74, 6) is 1.48. The number of nitrogens with one attached hydrogen (secondary N) is 1. The number of rotatable bonds is 3. The highest BCUT2D eigenvalue weighted by Gasteiger charge is 2.29. The van der Waals surface area contributed by atoms with E-state index in [2.05, 4.69) is 64.2 Å². The molecule has 1 aromatic rings. The first-order chi connectivity index (χ1) is 9.38. The van der Waals surface area contributed by atoms with Gasteiger partial charge in [0, 0.05) is 11.7 Å². The average molecular weight is 273 g/mol. The Kier molecular flexibility index (Phi) is 4.78. The molecule has 0 heterocycles. The summed E-state index contributed by atoms with van der Waals surface area (Å²) in [6, 6.07) is 9.46. The fraction of sp³-hybridized carbons (Fsp3) is 0.684. The third-order valence-corrected chi connectivity index (χ3v) is 4.89. The van der Waals surface area contributed by atoms with Gasteiger partial charge < -0.3 is 5.32 Å². The van der Waals surface area contributed by atoms with Crippen molar-refractivity contribution in [2.75, 3.05) is 5.32 Å². The summed E-state index contributed by atoms with van der Waals surface area (Å²) < 4.78 is 0. The molecule has 0 atom stereocenters. The maximum Gasteiger partial charge on any atom is 0.0377 e. The van der Waals surface area contributed by atoms with Gasteiger partial charge in [0.25, 0.3) is 0 Å². The second kappa shape index (κ2) is 6.20. The Morgan fingerprint density at radius 3 is 2.15 bits per heavy atom. The van der Waals surface area contributed by atoms with Crippen LogP contribution >= 0.6 is 0 Å². The quantitative estimate of drug-likeness (QED) is 0.731. The van der Waals surface area contributed by atoms with E-state index < -0.39 is 0 Å². The molecule has 0 unspecified atom stereocenters. The van der Waals surface area contributed by atoms with Crippen molar-refractivity contribution in [1.29, 1.82) is 0 Å². The van der Waals surface area contributed by atoms with Crippen molar-refractivity contribution in [1.82, 2.24) is 0 Å². The molecule has 1 N–H and O–H groups in total. The molecule has 0 amide bonds. The smallest absolute Gasteiger partial charge is 0.0377 e. The van der Waals surface area contributed by atoms with Crippen LogP contribution in [0.3, 0.4) is 0 Å². The predicted octanol–water partition coefficient (Wildman–Crippen LogP) is 5.83. The average Bonchev–Trinajstić information content (AvgIpc) is 2.38. The Labute approximate surface area is 125 Å². The predicted molar refractivity (Wildman–Crippen MR) is 89.4 cm³/mol. The van der Waals surface area contributed by atoms with Crippen LogP contribution in [0.1, 0.15) is 71.8 Å². The van der Waals surface area contributed by atoms with E-state index in [1.54, 1.807) is 0 Å². The minimum absolute atomic E-state index is 0.473. The zero-order chi connectivity index (χ0) is 14.8. The molecule has 0 saturated heterocycles. The molecule has 1 fully saturated rings. The molecule has 1 aliphatic carbocycles. The highest BCUT2D eigenvalue weighted by Crippen LogP contribution is 2.38. The minimum atomic E-state index is 0.473. The van der Waals surface area contributed by atoms with Gasteiger partial charge in [-0.3, -0.25) is 0 Å². The lowest BCUT2D eigenvalue weighted by Gasteiger charge is -2.37. The molecule has 0 aromatic heterocycles. The first kappa shape index (κ1) is 15.4. The van der Waals surface area contributed by atoms with E-state index >= 15 is 0 Å². The molecular weight excluding hydrogens is 242 g/mol. The summed E-state index contributed by atoms with van der Waals surface area (Å²) in [5.41, 5.74) is 3.27. The van der Waals surface area contributed by atoms with Gasteiger partial charge in [0.1, 0.15) is 0 Å². The van der Waals surface area contributed by atoms with Gasteiger partial charge in [-0.2, -0.15) is 0 Å². The van der Waals surface area contributed by atoms with Gasteiger partial charge in [-0.15, -0.1) is 0 Å². The van der Waals surface area contributed by atoms with Gasteiger partial charge in [0.05, 0.1) is 0 Å². The lowest BCUT2D eigenvalue weighted by atomic mass is 9.71. The highest BCUT2D eigenvalue weighted by atomic mass is 14.9. The summed E-state index contributed by atoms with van der Waals surface area (Å²) in [5, 5.41) is 3.80. The monoisotopic (exact) mass is 273 g/mol. The first-order valence-corrected chi connectivity index (χ1v) is 8.23. The van der Waals surface area contributed by atoms with Crippen LogP contribution in [0.25, 0.3) is 0 Å².